The van der Waals surface area contributed by atoms with Gasteiger partial charge in [-0.15, -0.1) is 0 Å². The number of ether oxygens (including phenoxy) is 1. The minimum atomic E-state index is -1.37. The monoisotopic (exact) mass is 379 g/mol. The van der Waals surface area contributed by atoms with Gasteiger partial charge in [0, 0.05) is 11.4 Å². The van der Waals surface area contributed by atoms with Crippen LogP contribution >= 0.6 is 11.8 Å². The minimum absolute atomic E-state index is 0.00765. The summed E-state index contributed by atoms with van der Waals surface area (Å²) in [6.45, 7) is 3.63. The average molecular weight is 379 g/mol. The number of aromatic nitrogens is 2. The molecular formula is C17H18FN3O4S. The molecule has 0 aliphatic heterocycles. The van der Waals surface area contributed by atoms with Crippen LogP contribution in [0.5, 0.6) is 5.75 Å². The number of halogens is 1. The van der Waals surface area contributed by atoms with Crippen LogP contribution in [0.25, 0.3) is 0 Å². The van der Waals surface area contributed by atoms with Gasteiger partial charge in [0.15, 0.2) is 22.8 Å². The zero-order valence-electron chi connectivity index (χ0n) is 14.4. The summed E-state index contributed by atoms with van der Waals surface area (Å²) in [6, 6.07) is 4.16. The molecule has 0 saturated heterocycles. The van der Waals surface area contributed by atoms with Crippen molar-refractivity contribution in [1.29, 1.82) is 0 Å². The number of rotatable bonds is 7. The first-order valence-electron chi connectivity index (χ1n) is 7.61. The second-order valence-corrected chi connectivity index (χ2v) is 6.40. The van der Waals surface area contributed by atoms with Gasteiger partial charge in [-0.25, -0.2) is 19.2 Å². The Balaban J connectivity index is 2.06. The average Bonchev–Trinajstić information content (AvgIpc) is 2.56. The Labute approximate surface area is 154 Å². The lowest BCUT2D eigenvalue weighted by Crippen LogP contribution is -2.35. The van der Waals surface area contributed by atoms with Gasteiger partial charge in [0.2, 0.25) is 5.91 Å². The standard InChI is InChI=1S/C17H18FN3O4S/c1-9-6-10(2)20-17(19-9)26-8-14(22)21-15(16(23)24)11-4-5-13(25-3)12(18)7-11/h4-7,15H,8H2,1-3H3,(H,21,22)(H,23,24). The van der Waals surface area contributed by atoms with Crippen LogP contribution in [0.4, 0.5) is 4.39 Å². The molecule has 2 aromatic rings. The minimum Gasteiger partial charge on any atom is -0.494 e. The number of carboxylic acid groups (broad SMARTS) is 1. The number of nitrogens with zero attached hydrogens (tertiary/aromatic N) is 2. The summed E-state index contributed by atoms with van der Waals surface area (Å²) in [6.07, 6.45) is 0. The zero-order valence-corrected chi connectivity index (χ0v) is 15.3. The van der Waals surface area contributed by atoms with Crippen molar-refractivity contribution in [1.82, 2.24) is 15.3 Å². The van der Waals surface area contributed by atoms with Crippen molar-refractivity contribution in [3.63, 3.8) is 0 Å². The number of hydrogen-bond acceptors (Lipinski definition) is 6. The Morgan fingerprint density at radius 2 is 1.92 bits per heavy atom. The summed E-state index contributed by atoms with van der Waals surface area (Å²) in [5.74, 6) is -2.60. The number of benzene rings is 1. The number of thioether (sulfide) groups is 1. The summed E-state index contributed by atoms with van der Waals surface area (Å²) >= 11 is 1.09. The number of carbonyl (C=O) groups is 2. The van der Waals surface area contributed by atoms with Gasteiger partial charge in [0.05, 0.1) is 12.9 Å². The second-order valence-electron chi connectivity index (χ2n) is 5.45. The van der Waals surface area contributed by atoms with E-state index in [9.17, 15) is 19.1 Å². The Kier molecular flexibility index (Phi) is 6.51. The molecule has 1 atom stereocenters. The van der Waals surface area contributed by atoms with Crippen molar-refractivity contribution >= 4 is 23.6 Å². The number of hydrogen-bond donors (Lipinski definition) is 2. The predicted molar refractivity (Wildman–Crippen MR) is 93.7 cm³/mol. The Hall–Kier alpha value is -2.68. The maximum atomic E-state index is 13.8. The van der Waals surface area contributed by atoms with Gasteiger partial charge in [-0.3, -0.25) is 4.79 Å². The predicted octanol–water partition coefficient (Wildman–Crippen LogP) is 2.28. The number of nitrogens with one attached hydrogen (secondary N) is 1. The van der Waals surface area contributed by atoms with Crippen molar-refractivity contribution in [2.75, 3.05) is 12.9 Å². The summed E-state index contributed by atoms with van der Waals surface area (Å²) < 4.78 is 18.6. The zero-order chi connectivity index (χ0) is 19.3. The van der Waals surface area contributed by atoms with Crippen LogP contribution in [0.3, 0.4) is 0 Å². The molecule has 2 rings (SSSR count). The molecular weight excluding hydrogens is 361 g/mol. The van der Waals surface area contributed by atoms with Gasteiger partial charge in [-0.1, -0.05) is 17.8 Å². The maximum Gasteiger partial charge on any atom is 0.330 e. The van der Waals surface area contributed by atoms with Gasteiger partial charge >= 0.3 is 5.97 Å². The van der Waals surface area contributed by atoms with Crippen LogP contribution in [0.1, 0.15) is 23.0 Å². The van der Waals surface area contributed by atoms with Crippen molar-refractivity contribution in [3.8, 4) is 5.75 Å². The molecule has 26 heavy (non-hydrogen) atoms. The van der Waals surface area contributed by atoms with Gasteiger partial charge < -0.3 is 15.2 Å². The molecule has 1 aromatic heterocycles. The van der Waals surface area contributed by atoms with Crippen LogP contribution in [-0.4, -0.2) is 39.8 Å². The van der Waals surface area contributed by atoms with E-state index in [4.69, 9.17) is 4.74 Å². The molecule has 0 aliphatic carbocycles. The van der Waals surface area contributed by atoms with Crippen molar-refractivity contribution < 1.29 is 23.8 Å². The number of carboxylic acids is 1. The lowest BCUT2D eigenvalue weighted by Gasteiger charge is -2.15. The van der Waals surface area contributed by atoms with E-state index in [1.807, 2.05) is 19.9 Å². The van der Waals surface area contributed by atoms with E-state index in [2.05, 4.69) is 15.3 Å². The number of aryl methyl sites for hydroxylation is 2. The van der Waals surface area contributed by atoms with Gasteiger partial charge in [0.1, 0.15) is 0 Å². The van der Waals surface area contributed by atoms with E-state index < -0.39 is 23.7 Å². The van der Waals surface area contributed by atoms with Gasteiger partial charge in [-0.2, -0.15) is 0 Å². The van der Waals surface area contributed by atoms with Crippen molar-refractivity contribution in [2.24, 2.45) is 0 Å². The molecule has 0 spiro atoms. The first-order valence-corrected chi connectivity index (χ1v) is 8.59. The normalized spacial score (nSPS) is 11.7. The topological polar surface area (TPSA) is 101 Å². The third-order valence-corrected chi connectivity index (χ3v) is 4.20. The lowest BCUT2D eigenvalue weighted by molar-refractivity contribution is -0.141. The highest BCUT2D eigenvalue weighted by Crippen LogP contribution is 2.22. The van der Waals surface area contributed by atoms with Gasteiger partial charge in [-0.05, 0) is 37.6 Å². The number of methoxy groups -OCH3 is 1. The number of amides is 1. The lowest BCUT2D eigenvalue weighted by atomic mass is 10.1. The molecule has 1 amide bonds. The van der Waals surface area contributed by atoms with Gasteiger partial charge in [0.25, 0.3) is 0 Å². The van der Waals surface area contributed by atoms with E-state index in [0.29, 0.717) is 5.16 Å². The molecule has 138 valence electrons. The molecule has 1 unspecified atom stereocenters. The highest BCUT2D eigenvalue weighted by atomic mass is 32.2. The van der Waals surface area contributed by atoms with Crippen LogP contribution in [0.2, 0.25) is 0 Å². The van der Waals surface area contributed by atoms with Crippen LogP contribution in [0, 0.1) is 19.7 Å². The highest BCUT2D eigenvalue weighted by molar-refractivity contribution is 7.99. The third kappa shape index (κ3) is 5.16. The largest absolute Gasteiger partial charge is 0.494 e. The number of carbonyl (C=O) groups excluding carboxylic acids is 1. The Morgan fingerprint density at radius 3 is 2.46 bits per heavy atom. The molecule has 7 nitrogen and oxygen atoms in total. The molecule has 9 heteroatoms. The third-order valence-electron chi connectivity index (χ3n) is 3.36. The molecule has 0 aliphatic rings. The molecule has 1 aromatic carbocycles. The van der Waals surface area contributed by atoms with Crippen molar-refractivity contribution in [2.45, 2.75) is 25.0 Å². The molecule has 0 saturated carbocycles. The summed E-state index contributed by atoms with van der Waals surface area (Å²) in [7, 11) is 1.31. The smallest absolute Gasteiger partial charge is 0.330 e. The van der Waals surface area contributed by atoms with E-state index >= 15 is 0 Å². The van der Waals surface area contributed by atoms with E-state index in [-0.39, 0.29) is 17.1 Å². The summed E-state index contributed by atoms with van der Waals surface area (Å²) in [4.78, 5) is 32.0. The second kappa shape index (κ2) is 8.61. The van der Waals surface area contributed by atoms with Crippen LogP contribution in [-0.2, 0) is 9.59 Å². The van der Waals surface area contributed by atoms with Crippen LogP contribution in [0.15, 0.2) is 29.4 Å². The highest BCUT2D eigenvalue weighted by Gasteiger charge is 2.23. The number of aliphatic carboxylic acids is 1. The summed E-state index contributed by atoms with van der Waals surface area (Å²) in [5.41, 5.74) is 1.66. The Morgan fingerprint density at radius 1 is 1.27 bits per heavy atom. The fourth-order valence-electron chi connectivity index (χ4n) is 2.24. The molecule has 1 heterocycles. The van der Waals surface area contributed by atoms with Crippen LogP contribution < -0.4 is 10.1 Å². The first-order chi connectivity index (χ1) is 12.3. The van der Waals surface area contributed by atoms with E-state index in [0.717, 1.165) is 29.2 Å². The molecule has 0 radical (unpaired) electrons. The first kappa shape index (κ1) is 19.6. The maximum absolute atomic E-state index is 13.8. The SMILES string of the molecule is COc1ccc(C(NC(=O)CSc2nc(C)cc(C)n2)C(=O)O)cc1F. The van der Waals surface area contributed by atoms with E-state index in [1.165, 1.54) is 19.2 Å². The van der Waals surface area contributed by atoms with Crippen molar-refractivity contribution in [3.05, 3.63) is 47.0 Å². The Bertz CT molecular complexity index is 811. The molecule has 0 bridgehead atoms. The molecule has 2 N–H and O–H groups in total. The van der Waals surface area contributed by atoms with E-state index in [1.54, 1.807) is 0 Å². The summed E-state index contributed by atoms with van der Waals surface area (Å²) in [5, 5.41) is 12.2. The fraction of sp³-hybridized carbons (Fsp3) is 0.294. The quantitative estimate of drug-likeness (QED) is 0.562. The molecule has 0 fully saturated rings. The fourth-order valence-corrected chi connectivity index (χ4v) is 3.00.